The van der Waals surface area contributed by atoms with E-state index in [1.54, 1.807) is 27.0 Å². The summed E-state index contributed by atoms with van der Waals surface area (Å²) in [4.78, 5) is 41.3. The molecule has 1 saturated carbocycles. The SMILES string of the molecule is COc1ccccc1C1NC(C(=O)O)(C(C)C)C2C(=O)N(C3CCCCC3)C(=O)C12. The van der Waals surface area contributed by atoms with E-state index >= 15 is 0 Å². The molecule has 7 heteroatoms. The van der Waals surface area contributed by atoms with Crippen molar-refractivity contribution in [3.63, 3.8) is 0 Å². The van der Waals surface area contributed by atoms with Crippen molar-refractivity contribution in [2.24, 2.45) is 17.8 Å². The number of hydrogen-bond acceptors (Lipinski definition) is 5. The van der Waals surface area contributed by atoms with Gasteiger partial charge in [-0.3, -0.25) is 24.6 Å². The van der Waals surface area contributed by atoms with E-state index in [0.717, 1.165) is 32.1 Å². The van der Waals surface area contributed by atoms with Crippen LogP contribution in [-0.2, 0) is 14.4 Å². The number of likely N-dealkylation sites (tertiary alicyclic amines) is 1. The molecule has 2 amide bonds. The molecule has 2 N–H and O–H groups in total. The fourth-order valence-corrected chi connectivity index (χ4v) is 5.83. The van der Waals surface area contributed by atoms with Crippen LogP contribution in [0.4, 0.5) is 0 Å². The number of hydrogen-bond donors (Lipinski definition) is 2. The van der Waals surface area contributed by atoms with Crippen LogP contribution >= 0.6 is 0 Å². The summed E-state index contributed by atoms with van der Waals surface area (Å²) in [7, 11) is 1.55. The van der Waals surface area contributed by atoms with Crippen molar-refractivity contribution in [3.8, 4) is 5.75 Å². The summed E-state index contributed by atoms with van der Waals surface area (Å²) < 4.78 is 5.50. The molecule has 1 aromatic carbocycles. The Labute approximate surface area is 176 Å². The number of nitrogens with one attached hydrogen (secondary N) is 1. The second kappa shape index (κ2) is 7.69. The number of carboxylic acid groups (broad SMARTS) is 1. The number of rotatable bonds is 5. The Bertz CT molecular complexity index is 863. The zero-order chi connectivity index (χ0) is 21.6. The molecule has 0 bridgehead atoms. The zero-order valence-corrected chi connectivity index (χ0v) is 17.8. The van der Waals surface area contributed by atoms with Crippen LogP contribution in [0.25, 0.3) is 0 Å². The largest absolute Gasteiger partial charge is 0.496 e. The Morgan fingerprint density at radius 3 is 2.43 bits per heavy atom. The molecule has 1 aromatic rings. The van der Waals surface area contributed by atoms with Gasteiger partial charge in [0, 0.05) is 17.6 Å². The van der Waals surface area contributed by atoms with E-state index < -0.39 is 29.4 Å². The lowest BCUT2D eigenvalue weighted by molar-refractivity contribution is -0.154. The molecule has 1 aliphatic carbocycles. The van der Waals surface area contributed by atoms with Crippen LogP contribution in [0.5, 0.6) is 5.75 Å². The first kappa shape index (κ1) is 20.8. The number of imide groups is 1. The Hall–Kier alpha value is -2.41. The highest BCUT2D eigenvalue weighted by atomic mass is 16.5. The Morgan fingerprint density at radius 2 is 1.83 bits per heavy atom. The standard InChI is InChI=1S/C23H30N2O5/c1-13(2)23(22(28)29)18-17(19(24-23)15-11-7-8-12-16(15)30-3)20(26)25(21(18)27)14-9-5-4-6-10-14/h7-8,11-14,17-19,24H,4-6,9-10H2,1-3H3,(H,28,29). The number of fused-ring (bicyclic) bond motifs is 1. The average molecular weight is 415 g/mol. The second-order valence-corrected chi connectivity index (χ2v) is 9.03. The first-order valence-corrected chi connectivity index (χ1v) is 10.9. The Kier molecular flexibility index (Phi) is 5.34. The van der Waals surface area contributed by atoms with E-state index in [0.29, 0.717) is 11.3 Å². The third-order valence-electron chi connectivity index (χ3n) is 7.31. The van der Waals surface area contributed by atoms with E-state index in [2.05, 4.69) is 5.32 Å². The number of benzene rings is 1. The van der Waals surface area contributed by atoms with Gasteiger partial charge in [0.25, 0.3) is 0 Å². The highest BCUT2D eigenvalue weighted by molar-refractivity contribution is 6.09. The number of ether oxygens (including phenoxy) is 1. The highest BCUT2D eigenvalue weighted by Crippen LogP contribution is 2.53. The number of carboxylic acids is 1. The minimum absolute atomic E-state index is 0.124. The lowest BCUT2D eigenvalue weighted by Crippen LogP contribution is -2.59. The summed E-state index contributed by atoms with van der Waals surface area (Å²) in [6, 6.07) is 6.58. The van der Waals surface area contributed by atoms with E-state index in [1.807, 2.05) is 18.2 Å². The molecule has 30 heavy (non-hydrogen) atoms. The Morgan fingerprint density at radius 1 is 1.17 bits per heavy atom. The van der Waals surface area contributed by atoms with E-state index in [1.165, 1.54) is 4.90 Å². The predicted octanol–water partition coefficient (Wildman–Crippen LogP) is 2.75. The summed E-state index contributed by atoms with van der Waals surface area (Å²) in [6.45, 7) is 3.59. The summed E-state index contributed by atoms with van der Waals surface area (Å²) >= 11 is 0. The molecule has 4 rings (SSSR count). The van der Waals surface area contributed by atoms with Gasteiger partial charge in [-0.1, -0.05) is 51.3 Å². The minimum Gasteiger partial charge on any atom is -0.496 e. The van der Waals surface area contributed by atoms with Crippen molar-refractivity contribution in [2.45, 2.75) is 63.6 Å². The van der Waals surface area contributed by atoms with E-state index in [9.17, 15) is 19.5 Å². The van der Waals surface area contributed by atoms with E-state index in [-0.39, 0.29) is 23.8 Å². The van der Waals surface area contributed by atoms with Crippen molar-refractivity contribution in [2.75, 3.05) is 7.11 Å². The monoisotopic (exact) mass is 414 g/mol. The first-order valence-electron chi connectivity index (χ1n) is 10.9. The molecule has 0 radical (unpaired) electrons. The van der Waals surface area contributed by atoms with Crippen molar-refractivity contribution < 1.29 is 24.2 Å². The van der Waals surface area contributed by atoms with Gasteiger partial charge in [-0.2, -0.15) is 0 Å². The lowest BCUT2D eigenvalue weighted by Gasteiger charge is -2.36. The number of methoxy groups -OCH3 is 1. The number of carbonyl (C=O) groups excluding carboxylic acids is 2. The molecule has 3 aliphatic rings. The molecule has 3 fully saturated rings. The summed E-state index contributed by atoms with van der Waals surface area (Å²) in [5, 5.41) is 13.5. The maximum absolute atomic E-state index is 13.6. The molecular weight excluding hydrogens is 384 g/mol. The number of nitrogens with zero attached hydrogens (tertiary/aromatic N) is 1. The third-order valence-corrected chi connectivity index (χ3v) is 7.31. The van der Waals surface area contributed by atoms with Crippen LogP contribution < -0.4 is 10.1 Å². The maximum Gasteiger partial charge on any atom is 0.325 e. The molecule has 0 spiro atoms. The molecule has 7 nitrogen and oxygen atoms in total. The topological polar surface area (TPSA) is 95.9 Å². The van der Waals surface area contributed by atoms with Gasteiger partial charge < -0.3 is 9.84 Å². The highest BCUT2D eigenvalue weighted by Gasteiger charge is 2.70. The third kappa shape index (κ3) is 2.86. The van der Waals surface area contributed by atoms with Crippen molar-refractivity contribution in [1.82, 2.24) is 10.2 Å². The van der Waals surface area contributed by atoms with Crippen LogP contribution in [0.1, 0.15) is 57.6 Å². The van der Waals surface area contributed by atoms with Crippen LogP contribution in [0.3, 0.4) is 0 Å². The van der Waals surface area contributed by atoms with Gasteiger partial charge in [-0.25, -0.2) is 0 Å². The normalized spacial score (nSPS) is 32.0. The van der Waals surface area contributed by atoms with Gasteiger partial charge in [0.1, 0.15) is 11.3 Å². The summed E-state index contributed by atoms with van der Waals surface area (Å²) in [5.74, 6) is -3.16. The van der Waals surface area contributed by atoms with Gasteiger partial charge in [0.15, 0.2) is 0 Å². The Balaban J connectivity index is 1.84. The summed E-state index contributed by atoms with van der Waals surface area (Å²) in [6.07, 6.45) is 4.67. The maximum atomic E-state index is 13.6. The second-order valence-electron chi connectivity index (χ2n) is 9.03. The van der Waals surface area contributed by atoms with Gasteiger partial charge >= 0.3 is 5.97 Å². The van der Waals surface area contributed by atoms with Gasteiger partial charge in [0.05, 0.1) is 18.9 Å². The lowest BCUT2D eigenvalue weighted by atomic mass is 9.73. The minimum atomic E-state index is -1.51. The molecular formula is C23H30N2O5. The smallest absolute Gasteiger partial charge is 0.325 e. The van der Waals surface area contributed by atoms with Crippen LogP contribution in [-0.4, -0.2) is 46.5 Å². The van der Waals surface area contributed by atoms with Crippen LogP contribution in [0.15, 0.2) is 24.3 Å². The molecule has 4 unspecified atom stereocenters. The fourth-order valence-electron chi connectivity index (χ4n) is 5.83. The number of aliphatic carboxylic acids is 1. The number of para-hydroxylation sites is 1. The predicted molar refractivity (Wildman–Crippen MR) is 110 cm³/mol. The average Bonchev–Trinajstić information content (AvgIpc) is 3.23. The van der Waals surface area contributed by atoms with Gasteiger partial charge in [-0.15, -0.1) is 0 Å². The first-order chi connectivity index (χ1) is 14.3. The van der Waals surface area contributed by atoms with Crippen molar-refractivity contribution in [1.29, 1.82) is 0 Å². The van der Waals surface area contributed by atoms with Gasteiger partial charge in [0.2, 0.25) is 11.8 Å². The summed E-state index contributed by atoms with van der Waals surface area (Å²) in [5.41, 5.74) is -0.794. The molecule has 2 heterocycles. The zero-order valence-electron chi connectivity index (χ0n) is 17.8. The molecule has 162 valence electrons. The number of carbonyl (C=O) groups is 3. The quantitative estimate of drug-likeness (QED) is 0.720. The van der Waals surface area contributed by atoms with E-state index in [4.69, 9.17) is 4.74 Å². The molecule has 0 aromatic heterocycles. The fraction of sp³-hybridized carbons (Fsp3) is 0.609. The van der Waals surface area contributed by atoms with Crippen molar-refractivity contribution in [3.05, 3.63) is 29.8 Å². The van der Waals surface area contributed by atoms with Crippen LogP contribution in [0, 0.1) is 17.8 Å². The molecule has 2 saturated heterocycles. The van der Waals surface area contributed by atoms with Crippen molar-refractivity contribution >= 4 is 17.8 Å². The van der Waals surface area contributed by atoms with Crippen LogP contribution in [0.2, 0.25) is 0 Å². The number of amides is 2. The van der Waals surface area contributed by atoms with Gasteiger partial charge in [-0.05, 0) is 24.8 Å². The molecule has 4 atom stereocenters. The molecule has 2 aliphatic heterocycles.